The highest BCUT2D eigenvalue weighted by Crippen LogP contribution is 2.36. The fraction of sp³-hybridized carbons (Fsp3) is 0.292. The summed E-state index contributed by atoms with van der Waals surface area (Å²) in [6, 6.07) is 13.3. The number of imidazole rings is 1. The number of anilines is 1. The molecule has 1 aliphatic heterocycles. The molecule has 0 radical (unpaired) electrons. The van der Waals surface area contributed by atoms with E-state index in [0.717, 1.165) is 33.7 Å². The van der Waals surface area contributed by atoms with Gasteiger partial charge in [0.25, 0.3) is 0 Å². The second-order valence-corrected chi connectivity index (χ2v) is 8.12. The van der Waals surface area contributed by atoms with E-state index in [1.807, 2.05) is 48.5 Å². The van der Waals surface area contributed by atoms with Crippen molar-refractivity contribution in [2.24, 2.45) is 0 Å². The topological polar surface area (TPSA) is 78.1 Å². The Labute approximate surface area is 175 Å². The zero-order chi connectivity index (χ0) is 20.7. The molecule has 2 aromatic carbocycles. The molecule has 2 N–H and O–H groups in total. The van der Waals surface area contributed by atoms with Crippen molar-refractivity contribution in [2.75, 3.05) is 5.32 Å². The molecule has 6 nitrogen and oxygen atoms in total. The lowest BCUT2D eigenvalue weighted by Crippen LogP contribution is -2.33. The summed E-state index contributed by atoms with van der Waals surface area (Å²) in [5, 5.41) is 2.99. The van der Waals surface area contributed by atoms with Crippen LogP contribution in [0.3, 0.4) is 0 Å². The molecule has 1 aliphatic carbocycles. The van der Waals surface area contributed by atoms with Crippen LogP contribution in [0.25, 0.3) is 17.1 Å². The summed E-state index contributed by atoms with van der Waals surface area (Å²) in [5.74, 6) is 1.37. The first kappa shape index (κ1) is 18.6. The molecular weight excluding hydrogens is 376 g/mol. The third-order valence-corrected chi connectivity index (χ3v) is 6.12. The van der Waals surface area contributed by atoms with E-state index in [2.05, 4.69) is 15.3 Å². The van der Waals surface area contributed by atoms with Gasteiger partial charge in [0, 0.05) is 24.7 Å². The third-order valence-electron chi connectivity index (χ3n) is 6.12. The maximum Gasteiger partial charge on any atom is 0.226 e. The van der Waals surface area contributed by atoms with Gasteiger partial charge >= 0.3 is 0 Å². The summed E-state index contributed by atoms with van der Waals surface area (Å²) in [5.41, 5.74) is 4.61. The Balaban J connectivity index is 1.34. The fourth-order valence-corrected chi connectivity index (χ4v) is 4.28. The Hall–Kier alpha value is -3.41. The second-order valence-electron chi connectivity index (χ2n) is 8.12. The van der Waals surface area contributed by atoms with E-state index in [-0.39, 0.29) is 24.3 Å². The number of benzene rings is 2. The van der Waals surface area contributed by atoms with Gasteiger partial charge in [-0.25, -0.2) is 4.98 Å². The molecule has 5 rings (SSSR count). The highest BCUT2D eigenvalue weighted by molar-refractivity contribution is 5.94. The van der Waals surface area contributed by atoms with Gasteiger partial charge in [0.2, 0.25) is 11.8 Å². The van der Waals surface area contributed by atoms with E-state index in [1.165, 1.54) is 26.2 Å². The maximum atomic E-state index is 12.9. The standard InChI is InChI=1S/C24H24N4O2/c1-15(29)28-12-11-16-5-2-3-8-19(16)22(28)14-23(30)25-18-9-10-20-21(13-18)27-24(26-20)17-6-4-7-17/h2-3,5,8-13,17,22H,4,6-7,14H2,1H3,(H,25,30)(H,26,27)/t22-/m0/s1. The van der Waals surface area contributed by atoms with Crippen LogP contribution in [0.2, 0.25) is 0 Å². The summed E-state index contributed by atoms with van der Waals surface area (Å²) in [7, 11) is 0. The second kappa shape index (κ2) is 7.44. The molecular formula is C24H24N4O2. The number of nitrogens with zero attached hydrogens (tertiary/aromatic N) is 2. The summed E-state index contributed by atoms with van der Waals surface area (Å²) in [6.07, 6.45) is 7.51. The Morgan fingerprint density at radius 1 is 1.20 bits per heavy atom. The highest BCUT2D eigenvalue weighted by atomic mass is 16.2. The van der Waals surface area contributed by atoms with Gasteiger partial charge in [-0.05, 0) is 48.2 Å². The molecule has 0 saturated heterocycles. The number of nitrogens with one attached hydrogen (secondary N) is 2. The van der Waals surface area contributed by atoms with Crippen molar-refractivity contribution in [3.05, 3.63) is 65.6 Å². The minimum Gasteiger partial charge on any atom is -0.342 e. The number of aromatic nitrogens is 2. The number of fused-ring (bicyclic) bond motifs is 2. The lowest BCUT2D eigenvalue weighted by atomic mass is 9.85. The van der Waals surface area contributed by atoms with Gasteiger partial charge in [-0.1, -0.05) is 30.7 Å². The molecule has 0 spiro atoms. The quantitative estimate of drug-likeness (QED) is 0.664. The van der Waals surface area contributed by atoms with Crippen molar-refractivity contribution < 1.29 is 9.59 Å². The Bertz CT molecular complexity index is 1160. The normalized spacial score (nSPS) is 18.2. The maximum absolute atomic E-state index is 12.9. The van der Waals surface area contributed by atoms with Crippen LogP contribution < -0.4 is 5.32 Å². The lowest BCUT2D eigenvalue weighted by molar-refractivity contribution is -0.129. The van der Waals surface area contributed by atoms with Crippen molar-refractivity contribution >= 4 is 34.6 Å². The van der Waals surface area contributed by atoms with Gasteiger partial charge < -0.3 is 15.2 Å². The van der Waals surface area contributed by atoms with Crippen molar-refractivity contribution in [3.63, 3.8) is 0 Å². The first-order chi connectivity index (χ1) is 14.6. The van der Waals surface area contributed by atoms with Crippen LogP contribution in [0.4, 0.5) is 5.69 Å². The number of amides is 2. The molecule has 0 unspecified atom stereocenters. The van der Waals surface area contributed by atoms with Gasteiger partial charge in [0.1, 0.15) is 5.82 Å². The third kappa shape index (κ3) is 3.38. The van der Waals surface area contributed by atoms with Crippen LogP contribution in [-0.2, 0) is 9.59 Å². The molecule has 2 amide bonds. The minimum atomic E-state index is -0.315. The predicted molar refractivity (Wildman–Crippen MR) is 117 cm³/mol. The van der Waals surface area contributed by atoms with E-state index in [9.17, 15) is 9.59 Å². The Kier molecular flexibility index (Phi) is 4.62. The van der Waals surface area contributed by atoms with Gasteiger partial charge in [-0.3, -0.25) is 9.59 Å². The van der Waals surface area contributed by atoms with Gasteiger partial charge in [-0.2, -0.15) is 0 Å². The number of hydrogen-bond donors (Lipinski definition) is 2. The van der Waals surface area contributed by atoms with E-state index < -0.39 is 0 Å². The fourth-order valence-electron chi connectivity index (χ4n) is 4.28. The average molecular weight is 400 g/mol. The number of H-pyrrole nitrogens is 1. The van der Waals surface area contributed by atoms with Crippen molar-refractivity contribution in [1.82, 2.24) is 14.9 Å². The molecule has 2 heterocycles. The van der Waals surface area contributed by atoms with Crippen LogP contribution in [0.1, 0.15) is 61.5 Å². The van der Waals surface area contributed by atoms with Crippen LogP contribution in [0, 0.1) is 0 Å². The summed E-state index contributed by atoms with van der Waals surface area (Å²) in [6.45, 7) is 1.52. The van der Waals surface area contributed by atoms with Gasteiger partial charge in [-0.15, -0.1) is 0 Å². The predicted octanol–water partition coefficient (Wildman–Crippen LogP) is 4.73. The highest BCUT2D eigenvalue weighted by Gasteiger charge is 2.28. The largest absolute Gasteiger partial charge is 0.342 e. The Morgan fingerprint density at radius 3 is 2.80 bits per heavy atom. The molecule has 152 valence electrons. The summed E-state index contributed by atoms with van der Waals surface area (Å²) in [4.78, 5) is 34.7. The van der Waals surface area contributed by atoms with Crippen molar-refractivity contribution in [1.29, 1.82) is 0 Å². The summed E-state index contributed by atoms with van der Waals surface area (Å²) < 4.78 is 0. The van der Waals surface area contributed by atoms with E-state index in [0.29, 0.717) is 5.92 Å². The smallest absolute Gasteiger partial charge is 0.226 e. The molecule has 6 heteroatoms. The molecule has 1 saturated carbocycles. The van der Waals surface area contributed by atoms with Crippen molar-refractivity contribution in [3.8, 4) is 0 Å². The molecule has 0 bridgehead atoms. The number of rotatable bonds is 4. The monoisotopic (exact) mass is 400 g/mol. The zero-order valence-electron chi connectivity index (χ0n) is 16.9. The van der Waals surface area contributed by atoms with Crippen molar-refractivity contribution in [2.45, 2.75) is 44.6 Å². The van der Waals surface area contributed by atoms with Gasteiger partial charge in [0.15, 0.2) is 0 Å². The number of carbonyl (C=O) groups excluding carboxylic acids is 2. The molecule has 30 heavy (non-hydrogen) atoms. The molecule has 1 aromatic heterocycles. The first-order valence-electron chi connectivity index (χ1n) is 10.4. The average Bonchev–Trinajstić information content (AvgIpc) is 3.09. The number of aromatic amines is 1. The van der Waals surface area contributed by atoms with Crippen LogP contribution in [0.15, 0.2) is 48.7 Å². The number of hydrogen-bond acceptors (Lipinski definition) is 3. The van der Waals surface area contributed by atoms with Gasteiger partial charge in [0.05, 0.1) is 23.5 Å². The Morgan fingerprint density at radius 2 is 2.03 bits per heavy atom. The lowest BCUT2D eigenvalue weighted by Gasteiger charge is -2.32. The van der Waals surface area contributed by atoms with E-state index in [4.69, 9.17) is 0 Å². The minimum absolute atomic E-state index is 0.0824. The number of carbonyl (C=O) groups is 2. The zero-order valence-corrected chi connectivity index (χ0v) is 16.9. The van der Waals surface area contributed by atoms with Crippen LogP contribution in [-0.4, -0.2) is 26.7 Å². The van der Waals surface area contributed by atoms with E-state index in [1.54, 1.807) is 11.1 Å². The molecule has 3 aromatic rings. The van der Waals surface area contributed by atoms with E-state index >= 15 is 0 Å². The van der Waals surface area contributed by atoms with Crippen LogP contribution >= 0.6 is 0 Å². The molecule has 1 fully saturated rings. The first-order valence-corrected chi connectivity index (χ1v) is 10.4. The van der Waals surface area contributed by atoms with Crippen LogP contribution in [0.5, 0.6) is 0 Å². The molecule has 1 atom stereocenters. The molecule has 2 aliphatic rings. The SMILES string of the molecule is CC(=O)N1C=Cc2ccccc2[C@@H]1CC(=O)Nc1ccc2nc(C3CCC3)[nH]c2c1. The summed E-state index contributed by atoms with van der Waals surface area (Å²) >= 11 is 0.